The molecule has 66 valence electrons. The van der Waals surface area contributed by atoms with Crippen LogP contribution >= 0.6 is 0 Å². The van der Waals surface area contributed by atoms with Gasteiger partial charge >= 0.3 is 65.4 Å². The summed E-state index contributed by atoms with van der Waals surface area (Å²) in [5.41, 5.74) is 4.99. The number of carboxylic acids is 1. The van der Waals surface area contributed by atoms with E-state index in [2.05, 4.69) is 0 Å². The standard InChI is InChI=1S/C4H10AsNO5/c6-3(4(7)8)1-2-5(9,10)11/h3H,1-2,6H2,(H,7,8)(H2,9,10,11). The molecule has 5 N–H and O–H groups in total. The monoisotopic (exact) mass is 227 g/mol. The van der Waals surface area contributed by atoms with Crippen LogP contribution in [-0.2, 0) is 8.53 Å². The summed E-state index contributed by atoms with van der Waals surface area (Å²) >= 11 is -4.66. The molecule has 0 rings (SSSR count). The van der Waals surface area contributed by atoms with E-state index in [-0.39, 0.29) is 6.42 Å². The Labute approximate surface area is 66.0 Å². The maximum absolute atomic E-state index is 10.3. The average Bonchev–Trinajstić information content (AvgIpc) is 1.80. The summed E-state index contributed by atoms with van der Waals surface area (Å²) in [7, 11) is 0. The first-order chi connectivity index (χ1) is 4.83. The van der Waals surface area contributed by atoms with Gasteiger partial charge in [0.2, 0.25) is 0 Å². The van der Waals surface area contributed by atoms with Crippen molar-refractivity contribution in [2.75, 3.05) is 0 Å². The SMILES string of the molecule is NC(CC[As](=O)(O)O)C(=O)O. The van der Waals surface area contributed by atoms with Crippen molar-refractivity contribution in [3.63, 3.8) is 0 Å². The van der Waals surface area contributed by atoms with Crippen LogP contribution in [0.4, 0.5) is 0 Å². The van der Waals surface area contributed by atoms with E-state index in [0.717, 1.165) is 0 Å². The van der Waals surface area contributed by atoms with Crippen molar-refractivity contribution in [2.24, 2.45) is 5.73 Å². The van der Waals surface area contributed by atoms with Crippen LogP contribution in [0.2, 0.25) is 5.21 Å². The number of carboxylic acid groups (broad SMARTS) is 1. The molecule has 0 aromatic heterocycles. The third-order valence-corrected chi connectivity index (χ3v) is 2.81. The van der Waals surface area contributed by atoms with E-state index in [9.17, 15) is 8.53 Å². The Morgan fingerprint density at radius 2 is 2.00 bits per heavy atom. The van der Waals surface area contributed by atoms with Crippen molar-refractivity contribution in [3.8, 4) is 0 Å². The molecule has 0 spiro atoms. The zero-order valence-corrected chi connectivity index (χ0v) is 7.55. The molecule has 0 heterocycles. The molecule has 6 nitrogen and oxygen atoms in total. The summed E-state index contributed by atoms with van der Waals surface area (Å²) in [5.74, 6) is -1.24. The second-order valence-corrected chi connectivity index (χ2v) is 5.85. The van der Waals surface area contributed by atoms with Crippen molar-refractivity contribution in [3.05, 3.63) is 0 Å². The second kappa shape index (κ2) is 3.92. The molecule has 0 fully saturated rings. The van der Waals surface area contributed by atoms with Crippen molar-refractivity contribution >= 4 is 20.1 Å². The van der Waals surface area contributed by atoms with E-state index >= 15 is 0 Å². The fourth-order valence-corrected chi connectivity index (χ4v) is 1.72. The number of hydrogen-bond acceptors (Lipinski definition) is 3. The first-order valence-corrected chi connectivity index (χ1v) is 6.63. The Bertz CT molecular complexity index is 187. The summed E-state index contributed by atoms with van der Waals surface area (Å²) < 4.78 is 27.0. The Morgan fingerprint density at radius 3 is 2.27 bits per heavy atom. The van der Waals surface area contributed by atoms with Crippen LogP contribution in [0.5, 0.6) is 0 Å². The maximum atomic E-state index is 10.3. The number of nitrogens with two attached hydrogens (primary N) is 1. The summed E-state index contributed by atoms with van der Waals surface area (Å²) in [6, 6.07) is -1.18. The van der Waals surface area contributed by atoms with Gasteiger partial charge in [0.25, 0.3) is 0 Å². The quantitative estimate of drug-likeness (QED) is 0.418. The molecule has 1 unspecified atom stereocenters. The number of hydrogen-bond donors (Lipinski definition) is 4. The van der Waals surface area contributed by atoms with Gasteiger partial charge < -0.3 is 0 Å². The molecular weight excluding hydrogens is 217 g/mol. The summed E-state index contributed by atoms with van der Waals surface area (Å²) in [5, 5.41) is 7.78. The summed E-state index contributed by atoms with van der Waals surface area (Å²) in [6.45, 7) is 0. The Hall–Kier alpha value is -0.292. The molecule has 0 radical (unpaired) electrons. The molecule has 0 aliphatic heterocycles. The first-order valence-electron chi connectivity index (χ1n) is 2.86. The van der Waals surface area contributed by atoms with Crippen molar-refractivity contribution < 1.29 is 21.8 Å². The van der Waals surface area contributed by atoms with Gasteiger partial charge in [0.1, 0.15) is 0 Å². The van der Waals surface area contributed by atoms with Crippen LogP contribution < -0.4 is 5.73 Å². The third kappa shape index (κ3) is 6.12. The van der Waals surface area contributed by atoms with Gasteiger partial charge in [-0.2, -0.15) is 0 Å². The van der Waals surface area contributed by atoms with Crippen LogP contribution in [0, 0.1) is 0 Å². The molecule has 0 aromatic carbocycles. The molecule has 0 aliphatic carbocycles. The van der Waals surface area contributed by atoms with Gasteiger partial charge in [0, 0.05) is 0 Å². The fraction of sp³-hybridized carbons (Fsp3) is 0.750. The average molecular weight is 227 g/mol. The minimum atomic E-state index is -4.66. The molecule has 0 aromatic rings. The zero-order chi connectivity index (χ0) is 9.07. The molecule has 0 bridgehead atoms. The van der Waals surface area contributed by atoms with Gasteiger partial charge in [0.15, 0.2) is 0 Å². The van der Waals surface area contributed by atoms with Gasteiger partial charge in [-0.15, -0.1) is 0 Å². The normalized spacial score (nSPS) is 14.5. The predicted octanol–water partition coefficient (Wildman–Crippen LogP) is -1.86. The zero-order valence-electron chi connectivity index (χ0n) is 5.67. The van der Waals surface area contributed by atoms with E-state index in [1.807, 2.05) is 0 Å². The van der Waals surface area contributed by atoms with Crippen LogP contribution in [0.15, 0.2) is 0 Å². The van der Waals surface area contributed by atoms with E-state index < -0.39 is 31.4 Å². The van der Waals surface area contributed by atoms with Gasteiger partial charge in [-0.1, -0.05) is 0 Å². The number of carbonyl (C=O) groups is 1. The number of rotatable bonds is 4. The van der Waals surface area contributed by atoms with Crippen LogP contribution in [-0.4, -0.2) is 39.5 Å². The van der Waals surface area contributed by atoms with Gasteiger partial charge in [0.05, 0.1) is 0 Å². The summed E-state index contributed by atoms with van der Waals surface area (Å²) in [4.78, 5) is 10.0. The molecule has 7 heteroatoms. The van der Waals surface area contributed by atoms with Crippen molar-refractivity contribution in [2.45, 2.75) is 17.7 Å². The van der Waals surface area contributed by atoms with Crippen molar-refractivity contribution in [1.29, 1.82) is 0 Å². The van der Waals surface area contributed by atoms with E-state index in [1.165, 1.54) is 0 Å². The molecule has 0 aliphatic rings. The number of aliphatic carboxylic acids is 1. The van der Waals surface area contributed by atoms with E-state index in [0.29, 0.717) is 0 Å². The molecule has 1 atom stereocenters. The van der Waals surface area contributed by atoms with Gasteiger partial charge in [-0.05, 0) is 0 Å². The Balaban J connectivity index is 3.72. The van der Waals surface area contributed by atoms with E-state index in [1.54, 1.807) is 0 Å². The van der Waals surface area contributed by atoms with Crippen LogP contribution in [0.1, 0.15) is 6.42 Å². The summed E-state index contributed by atoms with van der Waals surface area (Å²) in [6.07, 6.45) is -0.182. The molecule has 0 saturated carbocycles. The predicted molar refractivity (Wildman–Crippen MR) is 35.9 cm³/mol. The molecule has 0 amide bonds. The third-order valence-electron chi connectivity index (χ3n) is 1.05. The molecule has 11 heavy (non-hydrogen) atoms. The molecular formula is C4H10AsNO5. The van der Waals surface area contributed by atoms with Gasteiger partial charge in [-0.25, -0.2) is 0 Å². The van der Waals surface area contributed by atoms with Crippen molar-refractivity contribution in [1.82, 2.24) is 0 Å². The first kappa shape index (κ1) is 10.7. The Kier molecular flexibility index (Phi) is 3.81. The fourth-order valence-electron chi connectivity index (χ4n) is 0.431. The molecule has 0 saturated heterocycles. The van der Waals surface area contributed by atoms with Crippen LogP contribution in [0.25, 0.3) is 0 Å². The Morgan fingerprint density at radius 1 is 1.55 bits per heavy atom. The van der Waals surface area contributed by atoms with E-state index in [4.69, 9.17) is 19.0 Å². The van der Waals surface area contributed by atoms with Crippen LogP contribution in [0.3, 0.4) is 0 Å². The topological polar surface area (TPSA) is 121 Å². The second-order valence-electron chi connectivity index (χ2n) is 2.12. The van der Waals surface area contributed by atoms with Gasteiger partial charge in [-0.3, -0.25) is 0 Å². The minimum absolute atomic E-state index is 0.182.